The molecule has 3 nitrogen and oxygen atoms in total. The first kappa shape index (κ1) is 11.1. The van der Waals surface area contributed by atoms with E-state index in [9.17, 15) is 4.79 Å². The monoisotopic (exact) mass is 194 g/mol. The fourth-order valence-corrected chi connectivity index (χ4v) is 1.43. The molecule has 0 aliphatic heterocycles. The van der Waals surface area contributed by atoms with E-state index in [1.165, 1.54) is 12.8 Å². The lowest BCUT2D eigenvalue weighted by atomic mass is 10.0. The van der Waals surface area contributed by atoms with E-state index in [1.54, 1.807) is 0 Å². The molecule has 14 heavy (non-hydrogen) atoms. The summed E-state index contributed by atoms with van der Waals surface area (Å²) in [6, 6.07) is 0. The highest BCUT2D eigenvalue weighted by Crippen LogP contribution is 2.47. The minimum Gasteiger partial charge on any atom is -0.354 e. The van der Waals surface area contributed by atoms with Crippen molar-refractivity contribution >= 4 is 5.91 Å². The first-order valence-electron chi connectivity index (χ1n) is 5.13. The minimum atomic E-state index is 0.0416. The molecule has 0 aromatic rings. The Hall–Kier alpha value is -1.01. The molecule has 0 bridgehead atoms. The topological polar surface area (TPSA) is 41.1 Å². The number of carbonyl (C=O) groups is 1. The van der Waals surface area contributed by atoms with E-state index in [1.807, 2.05) is 0 Å². The molecule has 2 N–H and O–H groups in total. The van der Waals surface area contributed by atoms with Crippen molar-refractivity contribution in [1.29, 1.82) is 0 Å². The molecule has 0 aromatic heterocycles. The first-order chi connectivity index (χ1) is 6.72. The van der Waals surface area contributed by atoms with Gasteiger partial charge in [-0.3, -0.25) is 10.1 Å². The molecule has 1 aliphatic carbocycles. The quantitative estimate of drug-likeness (QED) is 0.478. The molecule has 0 unspecified atom stereocenters. The van der Waals surface area contributed by atoms with Gasteiger partial charge in [0.05, 0.1) is 13.1 Å². The van der Waals surface area contributed by atoms with Crippen molar-refractivity contribution in [2.75, 3.05) is 19.6 Å². The van der Waals surface area contributed by atoms with Gasteiger partial charge in [0.1, 0.15) is 0 Å². The van der Waals surface area contributed by atoms with E-state index in [2.05, 4.69) is 23.5 Å². The number of hydrogen-bond donors (Lipinski definition) is 2. The Labute approximate surface area is 85.6 Å². The molecule has 0 spiro atoms. The van der Waals surface area contributed by atoms with Gasteiger partial charge in [0.2, 0.25) is 5.91 Å². The van der Waals surface area contributed by atoms with E-state index < -0.39 is 0 Å². The van der Waals surface area contributed by atoms with Crippen LogP contribution in [0.5, 0.6) is 0 Å². The number of nitrogens with one attached hydrogen (secondary N) is 2. The maximum atomic E-state index is 11.3. The molecule has 1 aliphatic rings. The summed E-state index contributed by atoms with van der Waals surface area (Å²) < 4.78 is 0. The highest BCUT2D eigenvalue weighted by atomic mass is 16.1. The van der Waals surface area contributed by atoms with Crippen LogP contribution in [0.25, 0.3) is 0 Å². The number of amides is 1. The van der Waals surface area contributed by atoms with Crippen molar-refractivity contribution in [3.8, 4) is 12.3 Å². The third kappa shape index (κ3) is 3.39. The van der Waals surface area contributed by atoms with Gasteiger partial charge in [-0.05, 0) is 24.7 Å². The van der Waals surface area contributed by atoms with Gasteiger partial charge in [0.25, 0.3) is 0 Å². The largest absolute Gasteiger partial charge is 0.354 e. The van der Waals surface area contributed by atoms with Crippen molar-refractivity contribution in [3.05, 3.63) is 0 Å². The zero-order valence-corrected chi connectivity index (χ0v) is 8.73. The summed E-state index contributed by atoms with van der Waals surface area (Å²) in [5, 5.41) is 5.79. The van der Waals surface area contributed by atoms with Gasteiger partial charge in [-0.1, -0.05) is 12.8 Å². The predicted octanol–water partition coefficient (Wildman–Crippen LogP) is 0.516. The molecule has 0 radical (unpaired) electrons. The molecule has 1 fully saturated rings. The second kappa shape index (κ2) is 5.02. The van der Waals surface area contributed by atoms with Gasteiger partial charge in [0.15, 0.2) is 0 Å². The second-order valence-corrected chi connectivity index (χ2v) is 3.94. The molecule has 0 heterocycles. The summed E-state index contributed by atoms with van der Waals surface area (Å²) in [6.07, 6.45) is 8.71. The van der Waals surface area contributed by atoms with Crippen LogP contribution in [0, 0.1) is 17.8 Å². The Bertz CT molecular complexity index is 238. The summed E-state index contributed by atoms with van der Waals surface area (Å²) in [5.74, 6) is 2.47. The van der Waals surface area contributed by atoms with Crippen LogP contribution >= 0.6 is 0 Å². The molecular formula is C11H18N2O. The van der Waals surface area contributed by atoms with Crippen molar-refractivity contribution in [1.82, 2.24) is 10.6 Å². The standard InChI is InChI=1S/C11H18N2O/c1-3-7-12-8-10(14)13-9-11(4-2)5-6-11/h1,12H,4-9H2,2H3,(H,13,14). The molecule has 0 atom stereocenters. The minimum absolute atomic E-state index is 0.0416. The van der Waals surface area contributed by atoms with Crippen LogP contribution in [-0.2, 0) is 4.79 Å². The third-order valence-electron chi connectivity index (χ3n) is 2.88. The van der Waals surface area contributed by atoms with Crippen LogP contribution in [0.2, 0.25) is 0 Å². The van der Waals surface area contributed by atoms with Gasteiger partial charge in [-0.15, -0.1) is 6.42 Å². The fourth-order valence-electron chi connectivity index (χ4n) is 1.43. The normalized spacial score (nSPS) is 17.1. The van der Waals surface area contributed by atoms with E-state index in [0.717, 1.165) is 13.0 Å². The van der Waals surface area contributed by atoms with Crippen LogP contribution in [0.15, 0.2) is 0 Å². The molecule has 1 rings (SSSR count). The highest BCUT2D eigenvalue weighted by Gasteiger charge is 2.40. The summed E-state index contributed by atoms with van der Waals surface area (Å²) >= 11 is 0. The predicted molar refractivity (Wildman–Crippen MR) is 56.7 cm³/mol. The SMILES string of the molecule is C#CCNCC(=O)NCC1(CC)CC1. The summed E-state index contributed by atoms with van der Waals surface area (Å²) in [7, 11) is 0. The molecule has 78 valence electrons. The molecule has 1 saturated carbocycles. The average Bonchev–Trinajstić information content (AvgIpc) is 2.96. The summed E-state index contributed by atoms with van der Waals surface area (Å²) in [4.78, 5) is 11.3. The first-order valence-corrected chi connectivity index (χ1v) is 5.13. The molecule has 0 saturated heterocycles. The maximum Gasteiger partial charge on any atom is 0.234 e. The van der Waals surface area contributed by atoms with Crippen LogP contribution in [0.4, 0.5) is 0 Å². The van der Waals surface area contributed by atoms with Crippen LogP contribution in [0.3, 0.4) is 0 Å². The second-order valence-electron chi connectivity index (χ2n) is 3.94. The van der Waals surface area contributed by atoms with E-state index in [-0.39, 0.29) is 5.91 Å². The van der Waals surface area contributed by atoms with Crippen molar-refractivity contribution in [2.24, 2.45) is 5.41 Å². The van der Waals surface area contributed by atoms with Gasteiger partial charge in [0, 0.05) is 6.54 Å². The van der Waals surface area contributed by atoms with Crippen LogP contribution in [-0.4, -0.2) is 25.5 Å². The van der Waals surface area contributed by atoms with Crippen molar-refractivity contribution in [3.63, 3.8) is 0 Å². The number of hydrogen-bond acceptors (Lipinski definition) is 2. The average molecular weight is 194 g/mol. The molecule has 3 heteroatoms. The lowest BCUT2D eigenvalue weighted by Crippen LogP contribution is -2.37. The molecular weight excluding hydrogens is 176 g/mol. The van der Waals surface area contributed by atoms with Gasteiger partial charge < -0.3 is 5.32 Å². The van der Waals surface area contributed by atoms with Crippen LogP contribution in [0.1, 0.15) is 26.2 Å². The Morgan fingerprint density at radius 1 is 1.57 bits per heavy atom. The number of terminal acetylenes is 1. The van der Waals surface area contributed by atoms with Crippen molar-refractivity contribution in [2.45, 2.75) is 26.2 Å². The zero-order valence-electron chi connectivity index (χ0n) is 8.73. The smallest absolute Gasteiger partial charge is 0.234 e. The Balaban J connectivity index is 2.07. The van der Waals surface area contributed by atoms with E-state index in [0.29, 0.717) is 18.5 Å². The fraction of sp³-hybridized carbons (Fsp3) is 0.727. The Kier molecular flexibility index (Phi) is 3.97. The zero-order chi connectivity index (χ0) is 10.4. The van der Waals surface area contributed by atoms with E-state index in [4.69, 9.17) is 6.42 Å². The lowest BCUT2D eigenvalue weighted by molar-refractivity contribution is -0.120. The highest BCUT2D eigenvalue weighted by molar-refractivity contribution is 5.78. The summed E-state index contributed by atoms with van der Waals surface area (Å²) in [5.41, 5.74) is 0.418. The van der Waals surface area contributed by atoms with Crippen LogP contribution < -0.4 is 10.6 Å². The summed E-state index contributed by atoms with van der Waals surface area (Å²) in [6.45, 7) is 3.77. The van der Waals surface area contributed by atoms with Gasteiger partial charge >= 0.3 is 0 Å². The molecule has 1 amide bonds. The maximum absolute atomic E-state index is 11.3. The van der Waals surface area contributed by atoms with Crippen molar-refractivity contribution < 1.29 is 4.79 Å². The Morgan fingerprint density at radius 2 is 2.29 bits per heavy atom. The molecule has 0 aromatic carbocycles. The van der Waals surface area contributed by atoms with Gasteiger partial charge in [-0.2, -0.15) is 0 Å². The lowest BCUT2D eigenvalue weighted by Gasteiger charge is -2.13. The Morgan fingerprint density at radius 3 is 2.79 bits per heavy atom. The van der Waals surface area contributed by atoms with Gasteiger partial charge in [-0.25, -0.2) is 0 Å². The van der Waals surface area contributed by atoms with E-state index >= 15 is 0 Å². The number of carbonyl (C=O) groups excluding carboxylic acids is 1. The number of rotatable bonds is 6. The third-order valence-corrected chi connectivity index (χ3v) is 2.88.